The number of benzene rings is 1. The van der Waals surface area contributed by atoms with E-state index >= 15 is 0 Å². The van der Waals surface area contributed by atoms with Crippen LogP contribution in [0.5, 0.6) is 0 Å². The van der Waals surface area contributed by atoms with Gasteiger partial charge in [0.25, 0.3) is 11.8 Å². The molecule has 0 spiro atoms. The Morgan fingerprint density at radius 3 is 2.14 bits per heavy atom. The first-order valence-corrected chi connectivity index (χ1v) is 10.4. The second-order valence-electron chi connectivity index (χ2n) is 8.21. The number of rotatable bonds is 3. The minimum atomic E-state index is -0.232. The number of carbonyl (C=O) groups is 2. The second-order valence-corrected chi connectivity index (χ2v) is 8.65. The van der Waals surface area contributed by atoms with Gasteiger partial charge in [0.2, 0.25) is 0 Å². The Bertz CT molecular complexity index is 1030. The summed E-state index contributed by atoms with van der Waals surface area (Å²) in [5.41, 5.74) is 3.92. The van der Waals surface area contributed by atoms with E-state index in [-0.39, 0.29) is 35.5 Å². The summed E-state index contributed by atoms with van der Waals surface area (Å²) in [4.78, 5) is 25.8. The molecule has 4 aliphatic rings. The van der Waals surface area contributed by atoms with Gasteiger partial charge in [0.1, 0.15) is 0 Å². The molecule has 1 aromatic heterocycles. The van der Waals surface area contributed by atoms with Gasteiger partial charge in [0.05, 0.1) is 18.1 Å². The van der Waals surface area contributed by atoms with Crippen molar-refractivity contribution in [2.24, 2.45) is 28.8 Å². The van der Waals surface area contributed by atoms with Gasteiger partial charge in [-0.05, 0) is 68.9 Å². The number of hydrogen-bond donors (Lipinski definition) is 0. The Morgan fingerprint density at radius 2 is 1.59 bits per heavy atom. The highest BCUT2D eigenvalue weighted by Gasteiger charge is 2.56. The van der Waals surface area contributed by atoms with Crippen LogP contribution in [0, 0.1) is 37.5 Å². The van der Waals surface area contributed by atoms with Gasteiger partial charge < -0.3 is 4.57 Å². The number of aryl methyl sites for hydroxylation is 1. The standard InChI is InChI=1S/C23H22ClN3O2/c1-13-11-17(14(2)26(13)19-9-7-18(24)8-10-19)12-25-27-22(28)20-15-3-4-16(6-5-15)21(20)23(27)29/h3-4,7-12,15-16,20-21H,5-6H2,1-2H3/b25-12-/t15-,16-,20-,21+/m0/s1. The van der Waals surface area contributed by atoms with Gasteiger partial charge in [-0.1, -0.05) is 23.8 Å². The molecular weight excluding hydrogens is 386 g/mol. The summed E-state index contributed by atoms with van der Waals surface area (Å²) in [6.45, 7) is 4.02. The molecule has 148 valence electrons. The van der Waals surface area contributed by atoms with Crippen LogP contribution in [0.25, 0.3) is 5.69 Å². The number of nitrogens with zero attached hydrogens (tertiary/aromatic N) is 3. The van der Waals surface area contributed by atoms with E-state index in [0.29, 0.717) is 5.02 Å². The van der Waals surface area contributed by atoms with Crippen LogP contribution in [0.15, 0.2) is 47.6 Å². The van der Waals surface area contributed by atoms with Crippen molar-refractivity contribution < 1.29 is 9.59 Å². The minimum absolute atomic E-state index is 0.151. The van der Waals surface area contributed by atoms with E-state index in [1.807, 2.05) is 44.2 Å². The van der Waals surface area contributed by atoms with Crippen LogP contribution in [0.1, 0.15) is 29.8 Å². The highest BCUT2D eigenvalue weighted by atomic mass is 35.5. The molecule has 6 rings (SSSR count). The molecule has 2 amide bonds. The molecular formula is C23H22ClN3O2. The van der Waals surface area contributed by atoms with Gasteiger partial charge in [-0.2, -0.15) is 10.1 Å². The van der Waals surface area contributed by atoms with Gasteiger partial charge in [-0.3, -0.25) is 9.59 Å². The molecule has 0 unspecified atom stereocenters. The molecule has 0 radical (unpaired) electrons. The summed E-state index contributed by atoms with van der Waals surface area (Å²) in [6, 6.07) is 9.65. The van der Waals surface area contributed by atoms with Gasteiger partial charge in [0, 0.05) is 27.7 Å². The molecule has 5 nitrogen and oxygen atoms in total. The van der Waals surface area contributed by atoms with E-state index in [2.05, 4.69) is 21.8 Å². The van der Waals surface area contributed by atoms with Crippen LogP contribution in [-0.2, 0) is 9.59 Å². The van der Waals surface area contributed by atoms with Crippen molar-refractivity contribution in [2.45, 2.75) is 26.7 Å². The lowest BCUT2D eigenvalue weighted by Crippen LogP contribution is -2.38. The Labute approximate surface area is 174 Å². The summed E-state index contributed by atoms with van der Waals surface area (Å²) >= 11 is 6.01. The zero-order valence-corrected chi connectivity index (χ0v) is 17.1. The quantitative estimate of drug-likeness (QED) is 0.433. The number of fused-ring (bicyclic) bond motifs is 1. The number of halogens is 1. The average Bonchev–Trinajstić information content (AvgIpc) is 3.16. The zero-order valence-electron chi connectivity index (χ0n) is 16.4. The van der Waals surface area contributed by atoms with Crippen LogP contribution >= 0.6 is 11.6 Å². The number of allylic oxidation sites excluding steroid dienone is 2. The topological polar surface area (TPSA) is 54.7 Å². The average molecular weight is 408 g/mol. The molecule has 29 heavy (non-hydrogen) atoms. The molecule has 1 aliphatic heterocycles. The third-order valence-electron chi connectivity index (χ3n) is 6.60. The van der Waals surface area contributed by atoms with Gasteiger partial charge >= 0.3 is 0 Å². The number of aromatic nitrogens is 1. The van der Waals surface area contributed by atoms with Crippen LogP contribution < -0.4 is 0 Å². The van der Waals surface area contributed by atoms with Crippen LogP contribution in [0.2, 0.25) is 5.02 Å². The predicted octanol–water partition coefficient (Wildman–Crippen LogP) is 4.28. The van der Waals surface area contributed by atoms with Crippen molar-refractivity contribution in [1.82, 2.24) is 9.58 Å². The van der Waals surface area contributed by atoms with Crippen molar-refractivity contribution >= 4 is 29.6 Å². The summed E-state index contributed by atoms with van der Waals surface area (Å²) in [5.74, 6) is -0.411. The molecule has 0 N–H and O–H groups in total. The van der Waals surface area contributed by atoms with Crippen LogP contribution in [0.4, 0.5) is 0 Å². The van der Waals surface area contributed by atoms with Crippen molar-refractivity contribution in [3.63, 3.8) is 0 Å². The molecule has 3 aliphatic carbocycles. The normalized spacial score (nSPS) is 28.0. The number of hydrazone groups is 1. The molecule has 1 saturated heterocycles. The highest BCUT2D eigenvalue weighted by molar-refractivity contribution is 6.30. The van der Waals surface area contributed by atoms with Crippen molar-refractivity contribution in [2.75, 3.05) is 0 Å². The Hall–Kier alpha value is -2.66. The van der Waals surface area contributed by atoms with Crippen molar-refractivity contribution in [3.05, 3.63) is 64.5 Å². The SMILES string of the molecule is Cc1cc(/C=N\N2C(=O)[C@@H]3[C@H](C2=O)[C@H]2C=C[C@H]3CC2)c(C)n1-c1ccc(Cl)cc1. The summed E-state index contributed by atoms with van der Waals surface area (Å²) < 4.78 is 2.11. The number of carbonyl (C=O) groups excluding carboxylic acids is 2. The maximum Gasteiger partial charge on any atom is 0.254 e. The van der Waals surface area contributed by atoms with E-state index in [0.717, 1.165) is 40.5 Å². The van der Waals surface area contributed by atoms with Crippen LogP contribution in [0.3, 0.4) is 0 Å². The monoisotopic (exact) mass is 407 g/mol. The van der Waals surface area contributed by atoms with E-state index in [1.165, 1.54) is 0 Å². The van der Waals surface area contributed by atoms with Gasteiger partial charge in [-0.15, -0.1) is 0 Å². The fraction of sp³-hybridized carbons (Fsp3) is 0.348. The van der Waals surface area contributed by atoms with Crippen molar-refractivity contribution in [1.29, 1.82) is 0 Å². The van der Waals surface area contributed by atoms with Gasteiger partial charge in [-0.25, -0.2) is 0 Å². The summed E-state index contributed by atoms with van der Waals surface area (Å²) in [7, 11) is 0. The largest absolute Gasteiger partial charge is 0.318 e. The molecule has 2 heterocycles. The molecule has 4 atom stereocenters. The molecule has 2 aromatic rings. The summed E-state index contributed by atoms with van der Waals surface area (Å²) in [6.07, 6.45) is 7.85. The molecule has 2 fully saturated rings. The van der Waals surface area contributed by atoms with E-state index in [4.69, 9.17) is 11.6 Å². The Balaban J connectivity index is 1.44. The lowest BCUT2D eigenvalue weighted by atomic mass is 9.63. The first-order valence-electron chi connectivity index (χ1n) is 10.0. The fourth-order valence-corrected chi connectivity index (χ4v) is 5.32. The predicted molar refractivity (Wildman–Crippen MR) is 112 cm³/mol. The molecule has 1 saturated carbocycles. The lowest BCUT2D eigenvalue weighted by Gasteiger charge is -2.37. The maximum absolute atomic E-state index is 12.9. The number of imide groups is 1. The van der Waals surface area contributed by atoms with Gasteiger partial charge in [0.15, 0.2) is 0 Å². The number of amides is 2. The molecule has 1 aromatic carbocycles. The molecule has 6 heteroatoms. The fourth-order valence-electron chi connectivity index (χ4n) is 5.20. The van der Waals surface area contributed by atoms with Crippen LogP contribution in [-0.4, -0.2) is 27.6 Å². The maximum atomic E-state index is 12.9. The third kappa shape index (κ3) is 2.79. The second kappa shape index (κ2) is 6.70. The van der Waals surface area contributed by atoms with E-state index in [9.17, 15) is 9.59 Å². The zero-order chi connectivity index (χ0) is 20.3. The van der Waals surface area contributed by atoms with E-state index < -0.39 is 0 Å². The first kappa shape index (κ1) is 18.4. The Morgan fingerprint density at radius 1 is 1.00 bits per heavy atom. The van der Waals surface area contributed by atoms with Crippen molar-refractivity contribution in [3.8, 4) is 5.69 Å². The van der Waals surface area contributed by atoms with E-state index in [1.54, 1.807) is 6.21 Å². The highest BCUT2D eigenvalue weighted by Crippen LogP contribution is 2.49. The first-order chi connectivity index (χ1) is 14.0. The summed E-state index contributed by atoms with van der Waals surface area (Å²) in [5, 5.41) is 6.15. The minimum Gasteiger partial charge on any atom is -0.318 e. The molecule has 2 bridgehead atoms. The third-order valence-corrected chi connectivity index (χ3v) is 6.86. The Kier molecular flexibility index (Phi) is 4.24. The number of hydrogen-bond acceptors (Lipinski definition) is 3. The smallest absolute Gasteiger partial charge is 0.254 e. The lowest BCUT2D eigenvalue weighted by molar-refractivity contribution is -0.140.